The van der Waals surface area contributed by atoms with Gasteiger partial charge in [0.15, 0.2) is 6.29 Å². The van der Waals surface area contributed by atoms with E-state index in [9.17, 15) is 4.79 Å². The predicted molar refractivity (Wildman–Crippen MR) is 53.0 cm³/mol. The lowest BCUT2D eigenvalue weighted by atomic mass is 9.93. The monoisotopic (exact) mass is 177 g/mol. The number of nitrogens with two attached hydrogens (primary N) is 1. The topological polar surface area (TPSA) is 68.0 Å². The second kappa shape index (κ2) is 6.34. The number of pyridine rings is 1. The van der Waals surface area contributed by atoms with Crippen LogP contribution in [-0.4, -0.2) is 26.2 Å². The minimum Gasteiger partial charge on any atom is -0.296 e. The van der Waals surface area contributed by atoms with Gasteiger partial charge in [-0.2, -0.15) is 0 Å². The van der Waals surface area contributed by atoms with E-state index in [1.807, 2.05) is 6.92 Å². The second-order valence-electron chi connectivity index (χ2n) is 2.37. The molecule has 0 saturated carbocycles. The highest BCUT2D eigenvalue weighted by molar-refractivity contribution is 6.33. The van der Waals surface area contributed by atoms with Crippen molar-refractivity contribution in [1.82, 2.24) is 10.4 Å². The summed E-state index contributed by atoms with van der Waals surface area (Å²) in [5.41, 5.74) is 4.18. The van der Waals surface area contributed by atoms with Crippen LogP contribution in [0.1, 0.15) is 16.1 Å². The van der Waals surface area contributed by atoms with Gasteiger partial charge >= 0.3 is 0 Å². The summed E-state index contributed by atoms with van der Waals surface area (Å²) in [6.45, 7) is 1.84. The molecule has 1 heterocycles. The van der Waals surface area contributed by atoms with Crippen LogP contribution in [0.15, 0.2) is 12.3 Å². The standard InChI is InChI=1S/C7H6BNO.CH6N2/c1-5-2-6(4-10)9-3-7(5)8;1-3-2/h2-4H,1H3;3H,2H2,1H3. The van der Waals surface area contributed by atoms with Gasteiger partial charge in [-0.3, -0.25) is 21.0 Å². The molecular weight excluding hydrogens is 165 g/mol. The van der Waals surface area contributed by atoms with Crippen LogP contribution in [0.25, 0.3) is 0 Å². The molecule has 0 amide bonds. The van der Waals surface area contributed by atoms with Crippen LogP contribution in [0.5, 0.6) is 0 Å². The lowest BCUT2D eigenvalue weighted by molar-refractivity contribution is 0.111. The Kier molecular flexibility index (Phi) is 5.75. The first-order valence-electron chi connectivity index (χ1n) is 3.70. The minimum absolute atomic E-state index is 0.423. The molecule has 1 rings (SSSR count). The van der Waals surface area contributed by atoms with Crippen molar-refractivity contribution in [2.75, 3.05) is 7.05 Å². The van der Waals surface area contributed by atoms with E-state index in [-0.39, 0.29) is 0 Å². The number of nitrogens with zero attached hydrogens (tertiary/aromatic N) is 1. The van der Waals surface area contributed by atoms with Crippen LogP contribution in [0, 0.1) is 6.92 Å². The molecule has 0 aliphatic carbocycles. The van der Waals surface area contributed by atoms with Gasteiger partial charge in [-0.25, -0.2) is 0 Å². The smallest absolute Gasteiger partial charge is 0.168 e. The fourth-order valence-corrected chi connectivity index (χ4v) is 0.653. The van der Waals surface area contributed by atoms with Crippen LogP contribution in [0.4, 0.5) is 0 Å². The largest absolute Gasteiger partial charge is 0.296 e. The molecule has 3 N–H and O–H groups in total. The molecule has 0 unspecified atom stereocenters. The van der Waals surface area contributed by atoms with Crippen molar-refractivity contribution in [2.24, 2.45) is 5.84 Å². The highest BCUT2D eigenvalue weighted by Gasteiger charge is 1.93. The summed E-state index contributed by atoms with van der Waals surface area (Å²) in [6.07, 6.45) is 2.19. The molecule has 68 valence electrons. The van der Waals surface area contributed by atoms with Crippen molar-refractivity contribution >= 4 is 19.6 Å². The zero-order valence-corrected chi connectivity index (χ0v) is 7.74. The van der Waals surface area contributed by atoms with Crippen molar-refractivity contribution < 1.29 is 4.79 Å². The Morgan fingerprint density at radius 1 is 1.69 bits per heavy atom. The number of carbonyl (C=O) groups excluding carboxylic acids is 1. The van der Waals surface area contributed by atoms with Crippen molar-refractivity contribution in [3.8, 4) is 0 Å². The van der Waals surface area contributed by atoms with Crippen LogP contribution < -0.4 is 16.7 Å². The lowest BCUT2D eigenvalue weighted by Crippen LogP contribution is -2.13. The summed E-state index contributed by atoms with van der Waals surface area (Å²) in [5, 5.41) is 0. The number of rotatable bonds is 1. The summed E-state index contributed by atoms with van der Waals surface area (Å²) in [5.74, 6) is 4.60. The molecule has 0 aromatic carbocycles. The molecule has 5 heteroatoms. The van der Waals surface area contributed by atoms with Crippen molar-refractivity contribution in [2.45, 2.75) is 6.92 Å². The van der Waals surface area contributed by atoms with E-state index in [4.69, 9.17) is 7.85 Å². The molecule has 1 aromatic rings. The lowest BCUT2D eigenvalue weighted by Gasteiger charge is -1.97. The third-order valence-corrected chi connectivity index (χ3v) is 1.29. The fourth-order valence-electron chi connectivity index (χ4n) is 0.653. The van der Waals surface area contributed by atoms with E-state index < -0.39 is 0 Å². The van der Waals surface area contributed by atoms with E-state index >= 15 is 0 Å². The predicted octanol–water partition coefficient (Wildman–Crippen LogP) is -0.924. The number of aryl methyl sites for hydroxylation is 1. The van der Waals surface area contributed by atoms with Gasteiger partial charge in [0.2, 0.25) is 0 Å². The summed E-state index contributed by atoms with van der Waals surface area (Å²) in [4.78, 5) is 13.9. The first-order chi connectivity index (χ1) is 6.15. The first kappa shape index (κ1) is 11.8. The fraction of sp³-hybridized carbons (Fsp3) is 0.250. The van der Waals surface area contributed by atoms with Crippen LogP contribution in [0.3, 0.4) is 0 Å². The van der Waals surface area contributed by atoms with Gasteiger partial charge in [0.25, 0.3) is 0 Å². The molecule has 13 heavy (non-hydrogen) atoms. The Morgan fingerprint density at radius 3 is 2.62 bits per heavy atom. The summed E-state index contributed by atoms with van der Waals surface area (Å²) >= 11 is 0. The Bertz CT molecular complexity index is 278. The molecular formula is C8H12BN3O. The maximum Gasteiger partial charge on any atom is 0.168 e. The number of hydrogen-bond donors (Lipinski definition) is 2. The number of carbonyl (C=O) groups is 1. The highest BCUT2D eigenvalue weighted by atomic mass is 16.1. The van der Waals surface area contributed by atoms with Crippen LogP contribution >= 0.6 is 0 Å². The number of nitrogens with one attached hydrogen (secondary N) is 1. The third-order valence-electron chi connectivity index (χ3n) is 1.29. The Labute approximate surface area is 78.9 Å². The van der Waals surface area contributed by atoms with Crippen LogP contribution in [-0.2, 0) is 0 Å². The van der Waals surface area contributed by atoms with Crippen molar-refractivity contribution in [1.29, 1.82) is 0 Å². The number of hydrazine groups is 1. The van der Waals surface area contributed by atoms with Gasteiger partial charge in [0, 0.05) is 6.20 Å². The molecule has 0 fully saturated rings. The summed E-state index contributed by atoms with van der Waals surface area (Å²) < 4.78 is 0. The Hall–Kier alpha value is -1.20. The van der Waals surface area contributed by atoms with E-state index in [2.05, 4.69) is 16.3 Å². The van der Waals surface area contributed by atoms with E-state index in [1.165, 1.54) is 6.20 Å². The molecule has 2 radical (unpaired) electrons. The van der Waals surface area contributed by atoms with Gasteiger partial charge in [-0.1, -0.05) is 11.0 Å². The highest BCUT2D eigenvalue weighted by Crippen LogP contribution is 1.92. The average molecular weight is 177 g/mol. The van der Waals surface area contributed by atoms with Gasteiger partial charge in [-0.05, 0) is 20.0 Å². The third kappa shape index (κ3) is 4.40. The Balaban J connectivity index is 0.000000424. The SMILES string of the molecule is CNN.[B]c1cnc(C=O)cc1C. The maximum absolute atomic E-state index is 10.2. The van der Waals surface area contributed by atoms with E-state index in [0.29, 0.717) is 17.4 Å². The van der Waals surface area contributed by atoms with Crippen molar-refractivity contribution in [3.05, 3.63) is 23.5 Å². The molecule has 0 saturated heterocycles. The van der Waals surface area contributed by atoms with E-state index in [0.717, 1.165) is 5.56 Å². The maximum atomic E-state index is 10.2. The van der Waals surface area contributed by atoms with Gasteiger partial charge < -0.3 is 0 Å². The van der Waals surface area contributed by atoms with Gasteiger partial charge in [0.1, 0.15) is 13.5 Å². The molecule has 0 bridgehead atoms. The molecule has 0 aliphatic rings. The average Bonchev–Trinajstić information content (AvgIpc) is 2.11. The van der Waals surface area contributed by atoms with Gasteiger partial charge in [-0.15, -0.1) is 0 Å². The number of aldehydes is 1. The molecule has 4 nitrogen and oxygen atoms in total. The molecule has 1 aromatic heterocycles. The number of aromatic nitrogens is 1. The Morgan fingerprint density at radius 2 is 2.23 bits per heavy atom. The molecule has 0 spiro atoms. The zero-order valence-electron chi connectivity index (χ0n) is 7.74. The first-order valence-corrected chi connectivity index (χ1v) is 3.70. The quantitative estimate of drug-likeness (QED) is 0.252. The van der Waals surface area contributed by atoms with Crippen molar-refractivity contribution in [3.63, 3.8) is 0 Å². The van der Waals surface area contributed by atoms with E-state index in [1.54, 1.807) is 13.1 Å². The zero-order chi connectivity index (χ0) is 10.3. The molecule has 0 aliphatic heterocycles. The van der Waals surface area contributed by atoms with Crippen LogP contribution in [0.2, 0.25) is 0 Å². The molecule has 0 atom stereocenters. The minimum atomic E-state index is 0.423. The summed E-state index contributed by atoms with van der Waals surface area (Å²) in [6, 6.07) is 1.66. The number of hydrogen-bond acceptors (Lipinski definition) is 4. The second-order valence-corrected chi connectivity index (χ2v) is 2.37. The van der Waals surface area contributed by atoms with Gasteiger partial charge in [0.05, 0.1) is 0 Å². The summed E-state index contributed by atoms with van der Waals surface area (Å²) in [7, 11) is 7.12. The normalized spacial score (nSPS) is 8.54.